The van der Waals surface area contributed by atoms with E-state index in [4.69, 9.17) is 21.6 Å². The molecular formula is C20H16ClN5O3S. The Morgan fingerprint density at radius 2 is 2.07 bits per heavy atom. The third-order valence-electron chi connectivity index (χ3n) is 4.00. The SMILES string of the molecule is Cc1cc(N(CCC#N)C(=O)COC(=O)c2csc(-c3ncccn3)n2)ccc1Cl. The standard InChI is InChI=1S/C20H16ClN5O3S/c1-13-10-14(4-5-15(13)21)26(9-2-6-22)17(27)11-29-20(28)16-12-30-19(25-16)18-23-7-3-8-24-18/h3-5,7-8,10,12H,2,9,11H2,1H3. The van der Waals surface area contributed by atoms with E-state index in [9.17, 15) is 9.59 Å². The van der Waals surface area contributed by atoms with Gasteiger partial charge in [-0.1, -0.05) is 11.6 Å². The highest BCUT2D eigenvalue weighted by Gasteiger charge is 2.20. The molecule has 0 radical (unpaired) electrons. The minimum absolute atomic E-state index is 0.0705. The van der Waals surface area contributed by atoms with Gasteiger partial charge in [-0.3, -0.25) is 4.79 Å². The van der Waals surface area contributed by atoms with Crippen LogP contribution in [0.1, 0.15) is 22.5 Å². The molecule has 0 aliphatic carbocycles. The minimum atomic E-state index is -0.727. The summed E-state index contributed by atoms with van der Waals surface area (Å²) in [6.07, 6.45) is 3.29. The van der Waals surface area contributed by atoms with Crippen LogP contribution in [0.5, 0.6) is 0 Å². The highest BCUT2D eigenvalue weighted by Crippen LogP contribution is 2.23. The lowest BCUT2D eigenvalue weighted by Crippen LogP contribution is -2.35. The molecule has 0 aliphatic heterocycles. The van der Waals surface area contributed by atoms with Crippen LogP contribution >= 0.6 is 22.9 Å². The topological polar surface area (TPSA) is 109 Å². The fourth-order valence-corrected chi connectivity index (χ4v) is 3.37. The first kappa shape index (κ1) is 21.4. The molecule has 1 amide bonds. The van der Waals surface area contributed by atoms with Crippen LogP contribution < -0.4 is 4.90 Å². The van der Waals surface area contributed by atoms with Crippen LogP contribution in [-0.4, -0.2) is 40.0 Å². The van der Waals surface area contributed by atoms with E-state index in [1.54, 1.807) is 36.7 Å². The van der Waals surface area contributed by atoms with E-state index in [2.05, 4.69) is 15.0 Å². The Bertz CT molecular complexity index is 1100. The summed E-state index contributed by atoms with van der Waals surface area (Å²) in [6.45, 7) is 1.50. The van der Waals surface area contributed by atoms with Crippen molar-refractivity contribution in [3.8, 4) is 16.9 Å². The summed E-state index contributed by atoms with van der Waals surface area (Å²) in [7, 11) is 0. The van der Waals surface area contributed by atoms with Crippen molar-refractivity contribution < 1.29 is 14.3 Å². The Morgan fingerprint density at radius 1 is 1.30 bits per heavy atom. The number of carbonyl (C=O) groups is 2. The van der Waals surface area contributed by atoms with Crippen molar-refractivity contribution in [3.63, 3.8) is 0 Å². The monoisotopic (exact) mass is 441 g/mol. The first-order chi connectivity index (χ1) is 14.5. The second-order valence-corrected chi connectivity index (χ2v) is 7.34. The number of aromatic nitrogens is 3. The molecular weight excluding hydrogens is 426 g/mol. The van der Waals surface area contributed by atoms with Gasteiger partial charge in [-0.15, -0.1) is 11.3 Å². The molecule has 2 aromatic heterocycles. The highest BCUT2D eigenvalue weighted by atomic mass is 35.5. The number of aryl methyl sites for hydroxylation is 1. The average molecular weight is 442 g/mol. The van der Waals surface area contributed by atoms with Crippen LogP contribution in [-0.2, 0) is 9.53 Å². The second-order valence-electron chi connectivity index (χ2n) is 6.07. The summed E-state index contributed by atoms with van der Waals surface area (Å²) in [5, 5.41) is 11.5. The Labute approximate surface area is 181 Å². The largest absolute Gasteiger partial charge is 0.451 e. The molecule has 152 valence electrons. The number of rotatable bonds is 7. The van der Waals surface area contributed by atoms with Crippen LogP contribution in [0.4, 0.5) is 5.69 Å². The van der Waals surface area contributed by atoms with Crippen molar-refractivity contribution in [2.24, 2.45) is 0 Å². The number of esters is 1. The molecule has 0 saturated heterocycles. The molecule has 3 rings (SSSR count). The van der Waals surface area contributed by atoms with E-state index < -0.39 is 18.5 Å². The number of amides is 1. The maximum Gasteiger partial charge on any atom is 0.358 e. The molecule has 8 nitrogen and oxygen atoms in total. The second kappa shape index (κ2) is 9.91. The molecule has 0 spiro atoms. The van der Waals surface area contributed by atoms with Crippen LogP contribution in [0.25, 0.3) is 10.8 Å². The smallest absolute Gasteiger partial charge is 0.358 e. The van der Waals surface area contributed by atoms with Crippen molar-refractivity contribution in [3.05, 3.63) is 58.3 Å². The van der Waals surface area contributed by atoms with E-state index >= 15 is 0 Å². The van der Waals surface area contributed by atoms with Crippen LogP contribution in [0, 0.1) is 18.3 Å². The van der Waals surface area contributed by atoms with Gasteiger partial charge in [0.1, 0.15) is 0 Å². The molecule has 0 aliphatic rings. The predicted octanol–water partition coefficient (Wildman–Crippen LogP) is 3.67. The maximum atomic E-state index is 12.7. The number of anilines is 1. The van der Waals surface area contributed by atoms with E-state index in [1.807, 2.05) is 13.0 Å². The Morgan fingerprint density at radius 3 is 2.77 bits per heavy atom. The van der Waals surface area contributed by atoms with Gasteiger partial charge in [0, 0.05) is 35.0 Å². The molecule has 0 atom stereocenters. The number of thiazole rings is 1. The number of ether oxygens (including phenoxy) is 1. The quantitative estimate of drug-likeness (QED) is 0.514. The number of nitrogens with zero attached hydrogens (tertiary/aromatic N) is 5. The van der Waals surface area contributed by atoms with Gasteiger partial charge in [0.05, 0.1) is 12.5 Å². The predicted molar refractivity (Wildman–Crippen MR) is 112 cm³/mol. The summed E-state index contributed by atoms with van der Waals surface area (Å²) in [6, 6.07) is 8.78. The molecule has 0 fully saturated rings. The molecule has 1 aromatic carbocycles. The molecule has 2 heterocycles. The zero-order valence-electron chi connectivity index (χ0n) is 15.9. The minimum Gasteiger partial charge on any atom is -0.451 e. The number of nitriles is 1. The van der Waals surface area contributed by atoms with Crippen molar-refractivity contribution in [2.45, 2.75) is 13.3 Å². The van der Waals surface area contributed by atoms with Gasteiger partial charge in [0.2, 0.25) is 0 Å². The van der Waals surface area contributed by atoms with E-state index in [-0.39, 0.29) is 18.7 Å². The highest BCUT2D eigenvalue weighted by molar-refractivity contribution is 7.13. The Kier molecular flexibility index (Phi) is 7.06. The zero-order chi connectivity index (χ0) is 21.5. The van der Waals surface area contributed by atoms with Crippen molar-refractivity contribution in [1.82, 2.24) is 15.0 Å². The van der Waals surface area contributed by atoms with Gasteiger partial charge in [-0.2, -0.15) is 5.26 Å². The molecule has 0 saturated carbocycles. The summed E-state index contributed by atoms with van der Waals surface area (Å²) >= 11 is 7.25. The number of hydrogen-bond donors (Lipinski definition) is 0. The summed E-state index contributed by atoms with van der Waals surface area (Å²) < 4.78 is 5.14. The van der Waals surface area contributed by atoms with Gasteiger partial charge in [0.25, 0.3) is 5.91 Å². The van der Waals surface area contributed by atoms with Gasteiger partial charge in [-0.25, -0.2) is 19.7 Å². The van der Waals surface area contributed by atoms with Gasteiger partial charge < -0.3 is 9.64 Å². The number of hydrogen-bond acceptors (Lipinski definition) is 8. The van der Waals surface area contributed by atoms with Crippen LogP contribution in [0.2, 0.25) is 5.02 Å². The van der Waals surface area contributed by atoms with E-state index in [0.29, 0.717) is 21.5 Å². The first-order valence-electron chi connectivity index (χ1n) is 8.83. The lowest BCUT2D eigenvalue weighted by molar-refractivity contribution is -0.121. The molecule has 30 heavy (non-hydrogen) atoms. The van der Waals surface area contributed by atoms with Crippen molar-refractivity contribution in [1.29, 1.82) is 5.26 Å². The normalized spacial score (nSPS) is 10.3. The average Bonchev–Trinajstić information content (AvgIpc) is 3.26. The summed E-state index contributed by atoms with van der Waals surface area (Å²) in [5.41, 5.74) is 1.44. The van der Waals surface area contributed by atoms with Gasteiger partial charge in [0.15, 0.2) is 23.1 Å². The summed E-state index contributed by atoms with van der Waals surface area (Å²) in [4.78, 5) is 38.7. The van der Waals surface area contributed by atoms with Crippen molar-refractivity contribution in [2.75, 3.05) is 18.1 Å². The molecule has 0 N–H and O–H groups in total. The third kappa shape index (κ3) is 5.17. The van der Waals surface area contributed by atoms with Crippen LogP contribution in [0.15, 0.2) is 42.0 Å². The van der Waals surface area contributed by atoms with Gasteiger partial charge in [-0.05, 0) is 36.8 Å². The maximum absolute atomic E-state index is 12.7. The molecule has 0 unspecified atom stereocenters. The first-order valence-corrected chi connectivity index (χ1v) is 10.1. The Balaban J connectivity index is 1.67. The molecule has 3 aromatic rings. The van der Waals surface area contributed by atoms with Crippen molar-refractivity contribution >= 4 is 40.5 Å². The van der Waals surface area contributed by atoms with Crippen LogP contribution in [0.3, 0.4) is 0 Å². The number of halogens is 1. The summed E-state index contributed by atoms with van der Waals surface area (Å²) in [5.74, 6) is -0.783. The Hall–Kier alpha value is -3.35. The lowest BCUT2D eigenvalue weighted by Gasteiger charge is -2.22. The molecule has 0 bridgehead atoms. The van der Waals surface area contributed by atoms with E-state index in [1.165, 1.54) is 21.6 Å². The molecule has 10 heteroatoms. The number of benzene rings is 1. The van der Waals surface area contributed by atoms with Gasteiger partial charge >= 0.3 is 5.97 Å². The fraction of sp³-hybridized carbons (Fsp3) is 0.200. The zero-order valence-corrected chi connectivity index (χ0v) is 17.5. The number of carbonyl (C=O) groups excluding carboxylic acids is 2. The fourth-order valence-electron chi connectivity index (χ4n) is 2.52. The third-order valence-corrected chi connectivity index (χ3v) is 5.26. The van der Waals surface area contributed by atoms with E-state index in [0.717, 1.165) is 5.56 Å². The lowest BCUT2D eigenvalue weighted by atomic mass is 10.2.